The van der Waals surface area contributed by atoms with Gasteiger partial charge in [0.15, 0.2) is 0 Å². The Labute approximate surface area is 162 Å². The van der Waals surface area contributed by atoms with Crippen molar-refractivity contribution in [3.05, 3.63) is 35.9 Å². The van der Waals surface area contributed by atoms with Crippen LogP contribution in [0.5, 0.6) is 0 Å². The monoisotopic (exact) mass is 397 g/mol. The van der Waals surface area contributed by atoms with E-state index in [1.165, 1.54) is 94.0 Å². The van der Waals surface area contributed by atoms with Gasteiger partial charge in [0, 0.05) is 5.56 Å². The number of hydrogen-bond donors (Lipinski definition) is 0. The van der Waals surface area contributed by atoms with Gasteiger partial charge in [-0.25, -0.2) is 0 Å². The SMILES string of the molecule is CCCCCCCCCCC[N+](CC)(CC)Cc1ccccc1.[Br-]. The van der Waals surface area contributed by atoms with Crippen molar-refractivity contribution in [2.45, 2.75) is 85.1 Å². The molecule has 0 spiro atoms. The van der Waals surface area contributed by atoms with Gasteiger partial charge in [0.2, 0.25) is 0 Å². The van der Waals surface area contributed by atoms with E-state index < -0.39 is 0 Å². The van der Waals surface area contributed by atoms with Crippen LogP contribution in [0, 0.1) is 0 Å². The van der Waals surface area contributed by atoms with Crippen LogP contribution in [0.4, 0.5) is 0 Å². The Kier molecular flexibility index (Phi) is 14.7. The molecule has 0 unspecified atom stereocenters. The molecule has 140 valence electrons. The first kappa shape index (κ1) is 23.7. The van der Waals surface area contributed by atoms with E-state index in [2.05, 4.69) is 51.1 Å². The summed E-state index contributed by atoms with van der Waals surface area (Å²) >= 11 is 0. The molecule has 1 aromatic rings. The molecule has 2 heteroatoms. The highest BCUT2D eigenvalue weighted by Crippen LogP contribution is 2.17. The summed E-state index contributed by atoms with van der Waals surface area (Å²) in [5.41, 5.74) is 1.49. The standard InChI is InChI=1S/C22H40N.BrH/c1-4-7-8-9-10-11-12-13-17-20-23(5-2,6-3)21-22-18-15-14-16-19-22;/h14-16,18-19H,4-13,17,20-21H2,1-3H3;1H/q+1;/p-1. The number of halogens is 1. The summed E-state index contributed by atoms with van der Waals surface area (Å²) in [5.74, 6) is 0. The lowest BCUT2D eigenvalue weighted by atomic mass is 10.1. The highest BCUT2D eigenvalue weighted by atomic mass is 79.9. The summed E-state index contributed by atoms with van der Waals surface area (Å²) in [6.07, 6.45) is 12.8. The molecule has 0 bridgehead atoms. The fourth-order valence-corrected chi connectivity index (χ4v) is 3.57. The normalized spacial score (nSPS) is 11.3. The molecule has 0 saturated carbocycles. The van der Waals surface area contributed by atoms with Crippen molar-refractivity contribution in [2.75, 3.05) is 19.6 Å². The van der Waals surface area contributed by atoms with Crippen LogP contribution in [0.15, 0.2) is 30.3 Å². The van der Waals surface area contributed by atoms with Gasteiger partial charge in [0.1, 0.15) is 6.54 Å². The topological polar surface area (TPSA) is 0 Å². The lowest BCUT2D eigenvalue weighted by Gasteiger charge is -2.37. The summed E-state index contributed by atoms with van der Waals surface area (Å²) in [7, 11) is 0. The van der Waals surface area contributed by atoms with Gasteiger partial charge in [-0.15, -0.1) is 0 Å². The number of quaternary nitrogens is 1. The van der Waals surface area contributed by atoms with Crippen LogP contribution in [-0.4, -0.2) is 24.1 Å². The van der Waals surface area contributed by atoms with Crippen LogP contribution in [0.1, 0.15) is 84.1 Å². The molecule has 1 aromatic carbocycles. The third-order valence-electron chi connectivity index (χ3n) is 5.44. The molecule has 1 rings (SSSR count). The van der Waals surface area contributed by atoms with Crippen molar-refractivity contribution in [3.63, 3.8) is 0 Å². The summed E-state index contributed by atoms with van der Waals surface area (Å²) in [4.78, 5) is 0. The van der Waals surface area contributed by atoms with E-state index in [0.29, 0.717) is 0 Å². The minimum absolute atomic E-state index is 0. The molecule has 0 aliphatic carbocycles. The maximum Gasteiger partial charge on any atom is 0.104 e. The van der Waals surface area contributed by atoms with Crippen LogP contribution in [0.3, 0.4) is 0 Å². The molecule has 0 aliphatic rings. The number of benzene rings is 1. The Hall–Kier alpha value is -0.340. The van der Waals surface area contributed by atoms with Crippen molar-refractivity contribution in [1.82, 2.24) is 0 Å². The van der Waals surface area contributed by atoms with Crippen molar-refractivity contribution >= 4 is 0 Å². The van der Waals surface area contributed by atoms with E-state index in [1.54, 1.807) is 0 Å². The van der Waals surface area contributed by atoms with Crippen LogP contribution >= 0.6 is 0 Å². The Balaban J connectivity index is 0.00000529. The molecular formula is C22H40BrN. The highest BCUT2D eigenvalue weighted by Gasteiger charge is 2.22. The number of rotatable bonds is 14. The van der Waals surface area contributed by atoms with Gasteiger partial charge in [0.05, 0.1) is 19.6 Å². The average molecular weight is 398 g/mol. The zero-order valence-electron chi connectivity index (χ0n) is 16.4. The van der Waals surface area contributed by atoms with Crippen molar-refractivity contribution in [1.29, 1.82) is 0 Å². The maximum absolute atomic E-state index is 2.36. The van der Waals surface area contributed by atoms with E-state index in [0.717, 1.165) is 0 Å². The fourth-order valence-electron chi connectivity index (χ4n) is 3.57. The van der Waals surface area contributed by atoms with Gasteiger partial charge >= 0.3 is 0 Å². The van der Waals surface area contributed by atoms with E-state index in [-0.39, 0.29) is 17.0 Å². The predicted octanol–water partition coefficient (Wildman–Crippen LogP) is 3.58. The van der Waals surface area contributed by atoms with Crippen molar-refractivity contribution < 1.29 is 21.5 Å². The summed E-state index contributed by atoms with van der Waals surface area (Å²) in [6.45, 7) is 12.1. The zero-order chi connectivity index (χ0) is 16.8. The molecule has 0 fully saturated rings. The molecule has 0 N–H and O–H groups in total. The number of nitrogens with zero attached hydrogens (tertiary/aromatic N) is 1. The Morgan fingerprint density at radius 1 is 0.667 bits per heavy atom. The lowest BCUT2D eigenvalue weighted by molar-refractivity contribution is -0.938. The quantitative estimate of drug-likeness (QED) is 0.332. The van der Waals surface area contributed by atoms with Crippen LogP contribution < -0.4 is 17.0 Å². The third-order valence-corrected chi connectivity index (χ3v) is 5.44. The van der Waals surface area contributed by atoms with Gasteiger partial charge < -0.3 is 21.5 Å². The molecule has 0 aliphatic heterocycles. The molecule has 0 amide bonds. The van der Waals surface area contributed by atoms with Gasteiger partial charge in [-0.05, 0) is 26.7 Å². The average Bonchev–Trinajstić information content (AvgIpc) is 2.60. The second-order valence-corrected chi connectivity index (χ2v) is 7.17. The lowest BCUT2D eigenvalue weighted by Crippen LogP contribution is -3.00. The minimum Gasteiger partial charge on any atom is -1.00 e. The second-order valence-electron chi connectivity index (χ2n) is 7.17. The van der Waals surface area contributed by atoms with Gasteiger partial charge in [-0.3, -0.25) is 0 Å². The molecule has 1 nitrogen and oxygen atoms in total. The molecular weight excluding hydrogens is 358 g/mol. The number of unbranched alkanes of at least 4 members (excludes halogenated alkanes) is 8. The van der Waals surface area contributed by atoms with Crippen molar-refractivity contribution in [2.24, 2.45) is 0 Å². The Morgan fingerprint density at radius 3 is 1.67 bits per heavy atom. The van der Waals surface area contributed by atoms with E-state index in [4.69, 9.17) is 0 Å². The highest BCUT2D eigenvalue weighted by molar-refractivity contribution is 5.13. The fraction of sp³-hybridized carbons (Fsp3) is 0.727. The van der Waals surface area contributed by atoms with E-state index in [1.807, 2.05) is 0 Å². The Bertz CT molecular complexity index is 373. The second kappa shape index (κ2) is 15.0. The maximum atomic E-state index is 2.36. The minimum atomic E-state index is 0. The molecule has 0 atom stereocenters. The molecule has 0 saturated heterocycles. The van der Waals surface area contributed by atoms with Gasteiger partial charge in [-0.1, -0.05) is 82.2 Å². The first-order valence-electron chi connectivity index (χ1n) is 10.2. The van der Waals surface area contributed by atoms with Crippen molar-refractivity contribution in [3.8, 4) is 0 Å². The molecule has 0 aromatic heterocycles. The van der Waals surface area contributed by atoms with Gasteiger partial charge in [0.25, 0.3) is 0 Å². The smallest absolute Gasteiger partial charge is 0.104 e. The van der Waals surface area contributed by atoms with E-state index in [9.17, 15) is 0 Å². The van der Waals surface area contributed by atoms with Crippen LogP contribution in [-0.2, 0) is 6.54 Å². The molecule has 24 heavy (non-hydrogen) atoms. The third kappa shape index (κ3) is 9.84. The predicted molar refractivity (Wildman–Crippen MR) is 104 cm³/mol. The summed E-state index contributed by atoms with van der Waals surface area (Å²) in [5, 5.41) is 0. The largest absolute Gasteiger partial charge is 1.00 e. The van der Waals surface area contributed by atoms with Crippen LogP contribution in [0.2, 0.25) is 0 Å². The van der Waals surface area contributed by atoms with E-state index >= 15 is 0 Å². The van der Waals surface area contributed by atoms with Crippen LogP contribution in [0.25, 0.3) is 0 Å². The first-order valence-corrected chi connectivity index (χ1v) is 10.2. The zero-order valence-corrected chi connectivity index (χ0v) is 18.0. The Morgan fingerprint density at radius 2 is 1.17 bits per heavy atom. The summed E-state index contributed by atoms with van der Waals surface area (Å²) < 4.78 is 1.25. The first-order chi connectivity index (χ1) is 11.3. The number of hydrogen-bond acceptors (Lipinski definition) is 0. The van der Waals surface area contributed by atoms with Gasteiger partial charge in [-0.2, -0.15) is 0 Å². The molecule has 0 heterocycles. The molecule has 0 radical (unpaired) electrons. The summed E-state index contributed by atoms with van der Waals surface area (Å²) in [6, 6.07) is 11.0.